The van der Waals surface area contributed by atoms with Gasteiger partial charge in [-0.25, -0.2) is 9.18 Å². The maximum atomic E-state index is 12.9. The fourth-order valence-corrected chi connectivity index (χ4v) is 0.748. The average Bonchev–Trinajstić information content (AvgIpc) is 2.09. The summed E-state index contributed by atoms with van der Waals surface area (Å²) in [7, 11) is 0. The Hall–Kier alpha value is -2.07. The summed E-state index contributed by atoms with van der Waals surface area (Å²) in [6.45, 7) is 0. The van der Waals surface area contributed by atoms with Crippen molar-refractivity contribution < 1.29 is 9.18 Å². The molecule has 0 aromatic heterocycles. The van der Waals surface area contributed by atoms with Gasteiger partial charge in [0.2, 0.25) is 10.0 Å². The number of urea groups is 1. The molecule has 0 unspecified atom stereocenters. The number of hydrogen-bond acceptors (Lipinski definition) is 2. The number of carbonyl (C=O) groups excluding carboxylic acids is 1. The third kappa shape index (κ3) is 2.46. The van der Waals surface area contributed by atoms with Gasteiger partial charge in [0, 0.05) is 0 Å². The van der Waals surface area contributed by atoms with Crippen molar-refractivity contribution in [1.29, 1.82) is 5.53 Å². The van der Waals surface area contributed by atoms with Crippen LogP contribution >= 0.6 is 0 Å². The van der Waals surface area contributed by atoms with Crippen molar-refractivity contribution in [2.24, 2.45) is 5.11 Å². The molecule has 1 aromatic carbocycles. The average molecular weight is 181 g/mol. The van der Waals surface area contributed by atoms with Gasteiger partial charge in [-0.3, -0.25) is 5.32 Å². The zero-order valence-electron chi connectivity index (χ0n) is 6.49. The molecule has 0 fully saturated rings. The lowest BCUT2D eigenvalue weighted by atomic mass is 10.3. The molecule has 1 rings (SSSR count). The number of nitrogens with one attached hydrogen (secondary N) is 2. The second-order valence-electron chi connectivity index (χ2n) is 2.11. The zero-order chi connectivity index (χ0) is 9.68. The number of carbonyl (C=O) groups is 1. The molecule has 0 aliphatic rings. The molecule has 0 saturated carbocycles. The molecule has 0 saturated heterocycles. The summed E-state index contributed by atoms with van der Waals surface area (Å²) in [6.07, 6.45) is 0. The highest BCUT2D eigenvalue weighted by Gasteiger charge is 2.07. The third-order valence-corrected chi connectivity index (χ3v) is 1.26. The molecule has 0 aliphatic carbocycles. The summed E-state index contributed by atoms with van der Waals surface area (Å²) >= 11 is 0. The second kappa shape index (κ2) is 4.08. The Bertz CT molecular complexity index is 373. The number of anilines is 1. The molecule has 0 heterocycles. The van der Waals surface area contributed by atoms with Gasteiger partial charge in [0.15, 0.2) is 0 Å². The van der Waals surface area contributed by atoms with Gasteiger partial charge in [0.25, 0.3) is 0 Å². The largest absolute Gasteiger partial charge is 0.427 e. The Morgan fingerprint density at radius 1 is 1.54 bits per heavy atom. The molecule has 0 radical (unpaired) electrons. The van der Waals surface area contributed by atoms with Gasteiger partial charge in [-0.1, -0.05) is 12.1 Å². The summed E-state index contributed by atoms with van der Waals surface area (Å²) in [5.41, 5.74) is 6.27. The van der Waals surface area contributed by atoms with E-state index in [1.54, 1.807) is 6.07 Å². The van der Waals surface area contributed by atoms with Gasteiger partial charge in [0.05, 0.1) is 5.69 Å². The lowest BCUT2D eigenvalue weighted by Gasteiger charge is -1.98. The molecular formula is C7H6FN4O+. The molecule has 5 nitrogen and oxygen atoms in total. The molecular weight excluding hydrogens is 175 g/mol. The quantitative estimate of drug-likeness (QED) is 0.503. The van der Waals surface area contributed by atoms with E-state index in [-0.39, 0.29) is 5.69 Å². The molecule has 13 heavy (non-hydrogen) atoms. The SMILES string of the molecule is N=[N+]=NC(=O)Nc1ccccc1F. The van der Waals surface area contributed by atoms with Crippen molar-refractivity contribution >= 4 is 11.7 Å². The van der Waals surface area contributed by atoms with E-state index in [1.165, 1.54) is 18.2 Å². The Morgan fingerprint density at radius 2 is 2.23 bits per heavy atom. The molecule has 6 heteroatoms. The molecule has 1 aromatic rings. The van der Waals surface area contributed by atoms with Crippen LogP contribution in [0.15, 0.2) is 29.4 Å². The topological polar surface area (TPSA) is 79.4 Å². The summed E-state index contributed by atoms with van der Waals surface area (Å²) in [6, 6.07) is 4.77. The van der Waals surface area contributed by atoms with E-state index in [2.05, 4.69) is 15.3 Å². The summed E-state index contributed by atoms with van der Waals surface area (Å²) in [4.78, 5) is 13.2. The predicted molar refractivity (Wildman–Crippen MR) is 42.7 cm³/mol. The highest BCUT2D eigenvalue weighted by molar-refractivity contribution is 5.89. The molecule has 0 bridgehead atoms. The number of rotatable bonds is 1. The van der Waals surface area contributed by atoms with E-state index in [1.807, 2.05) is 0 Å². The van der Waals surface area contributed by atoms with E-state index in [9.17, 15) is 9.18 Å². The van der Waals surface area contributed by atoms with Crippen molar-refractivity contribution in [2.75, 3.05) is 5.32 Å². The van der Waals surface area contributed by atoms with Gasteiger partial charge in [0.1, 0.15) is 11.3 Å². The second-order valence-corrected chi connectivity index (χ2v) is 2.11. The smallest absolute Gasteiger partial charge is 0.298 e. The van der Waals surface area contributed by atoms with Crippen LogP contribution in [0.1, 0.15) is 0 Å². The van der Waals surface area contributed by atoms with Crippen LogP contribution in [0.5, 0.6) is 0 Å². The van der Waals surface area contributed by atoms with Crippen LogP contribution in [0.25, 0.3) is 0 Å². The maximum absolute atomic E-state index is 12.9. The lowest BCUT2D eigenvalue weighted by molar-refractivity contribution is 0.258. The van der Waals surface area contributed by atoms with E-state index in [0.29, 0.717) is 0 Å². The van der Waals surface area contributed by atoms with Crippen LogP contribution in [0, 0.1) is 11.3 Å². The lowest BCUT2D eigenvalue weighted by Crippen LogP contribution is -2.07. The van der Waals surface area contributed by atoms with Crippen molar-refractivity contribution in [3.8, 4) is 0 Å². The minimum atomic E-state index is -0.875. The number of para-hydroxylation sites is 1. The number of nitrogens with zero attached hydrogens (tertiary/aromatic N) is 2. The standard InChI is InChI=1S/C7H5FN4O/c8-5-3-1-2-4-6(5)10-7(13)11-12-9/h1-4,9H/p+1. The maximum Gasteiger partial charge on any atom is 0.427 e. The Balaban J connectivity index is 2.80. The van der Waals surface area contributed by atoms with Crippen molar-refractivity contribution in [1.82, 2.24) is 4.91 Å². The fraction of sp³-hybridized carbons (Fsp3) is 0. The van der Waals surface area contributed by atoms with E-state index in [0.717, 1.165) is 0 Å². The Kier molecular flexibility index (Phi) is 2.83. The third-order valence-electron chi connectivity index (χ3n) is 1.26. The fourth-order valence-electron chi connectivity index (χ4n) is 0.748. The molecule has 0 aliphatic heterocycles. The predicted octanol–water partition coefficient (Wildman–Crippen LogP) is 1.91. The summed E-state index contributed by atoms with van der Waals surface area (Å²) < 4.78 is 12.9. The number of hydrogen-bond donors (Lipinski definition) is 2. The van der Waals surface area contributed by atoms with Crippen LogP contribution in [0.4, 0.5) is 14.9 Å². The first-order valence-corrected chi connectivity index (χ1v) is 3.37. The molecule has 2 N–H and O–H groups in total. The first kappa shape index (κ1) is 9.02. The van der Waals surface area contributed by atoms with Crippen LogP contribution in [-0.2, 0) is 0 Å². The van der Waals surface area contributed by atoms with Gasteiger partial charge >= 0.3 is 6.03 Å². The summed E-state index contributed by atoms with van der Waals surface area (Å²) in [5, 5.41) is 4.95. The highest BCUT2D eigenvalue weighted by atomic mass is 19.1. The van der Waals surface area contributed by atoms with Gasteiger partial charge in [-0.05, 0) is 12.1 Å². The molecule has 0 spiro atoms. The van der Waals surface area contributed by atoms with E-state index < -0.39 is 11.8 Å². The number of halogens is 1. The number of benzene rings is 1. The first-order chi connectivity index (χ1) is 6.24. The van der Waals surface area contributed by atoms with Crippen LogP contribution in [0.3, 0.4) is 0 Å². The molecule has 2 amide bonds. The monoisotopic (exact) mass is 181 g/mol. The minimum Gasteiger partial charge on any atom is -0.298 e. The minimum absolute atomic E-state index is 0.0138. The molecule has 0 atom stereocenters. The van der Waals surface area contributed by atoms with Gasteiger partial charge < -0.3 is 0 Å². The van der Waals surface area contributed by atoms with Crippen molar-refractivity contribution in [3.05, 3.63) is 30.1 Å². The normalized spacial score (nSPS) is 8.69. The Labute approximate surface area is 72.8 Å². The highest BCUT2D eigenvalue weighted by Crippen LogP contribution is 2.11. The van der Waals surface area contributed by atoms with Gasteiger partial charge in [-0.15, -0.1) is 0 Å². The van der Waals surface area contributed by atoms with Gasteiger partial charge in [-0.2, -0.15) is 0 Å². The van der Waals surface area contributed by atoms with Crippen LogP contribution < -0.4 is 10.2 Å². The first-order valence-electron chi connectivity index (χ1n) is 3.37. The van der Waals surface area contributed by atoms with E-state index in [4.69, 9.17) is 5.53 Å². The Morgan fingerprint density at radius 3 is 2.85 bits per heavy atom. The molecule has 66 valence electrons. The van der Waals surface area contributed by atoms with Crippen molar-refractivity contribution in [2.45, 2.75) is 0 Å². The number of amides is 2. The van der Waals surface area contributed by atoms with Crippen LogP contribution in [-0.4, -0.2) is 6.03 Å². The summed E-state index contributed by atoms with van der Waals surface area (Å²) in [5.74, 6) is -0.559. The van der Waals surface area contributed by atoms with E-state index >= 15 is 0 Å². The van der Waals surface area contributed by atoms with Crippen molar-refractivity contribution in [3.63, 3.8) is 0 Å². The van der Waals surface area contributed by atoms with Crippen LogP contribution in [0.2, 0.25) is 0 Å². The zero-order valence-corrected chi connectivity index (χ0v) is 6.49.